The number of hydrogen-bond donors (Lipinski definition) is 0. The summed E-state index contributed by atoms with van der Waals surface area (Å²) in [5, 5.41) is 0.742. The topological polar surface area (TPSA) is 48.8 Å². The summed E-state index contributed by atoms with van der Waals surface area (Å²) in [4.78, 5) is 26.3. The minimum atomic E-state index is 0.167. The second-order valence-electron chi connectivity index (χ2n) is 8.62. The number of piperidine rings is 2. The summed E-state index contributed by atoms with van der Waals surface area (Å²) in [6, 6.07) is 12.1. The number of carbonyl (C=O) groups excluding carboxylic acids is 1. The number of likely N-dealkylation sites (tertiary alicyclic amines) is 2. The molecule has 0 N–H and O–H groups in total. The van der Waals surface area contributed by atoms with E-state index < -0.39 is 0 Å². The van der Waals surface area contributed by atoms with Crippen molar-refractivity contribution in [1.29, 1.82) is 0 Å². The number of amides is 1. The van der Waals surface area contributed by atoms with Gasteiger partial charge in [-0.1, -0.05) is 23.7 Å². The van der Waals surface area contributed by atoms with Gasteiger partial charge in [0.1, 0.15) is 0 Å². The number of pyridine rings is 1. The highest BCUT2D eigenvalue weighted by atomic mass is 35.5. The number of rotatable bonds is 5. The molecule has 0 spiro atoms. The van der Waals surface area contributed by atoms with Gasteiger partial charge >= 0.3 is 0 Å². The molecular weight excluding hydrogens is 408 g/mol. The summed E-state index contributed by atoms with van der Waals surface area (Å²) in [6.07, 6.45) is 7.55. The van der Waals surface area contributed by atoms with Crippen molar-refractivity contribution in [2.24, 2.45) is 16.8 Å². The molecule has 2 fully saturated rings. The van der Waals surface area contributed by atoms with Crippen molar-refractivity contribution in [2.45, 2.75) is 32.2 Å². The van der Waals surface area contributed by atoms with E-state index in [-0.39, 0.29) is 5.92 Å². The van der Waals surface area contributed by atoms with Crippen LogP contribution in [0.25, 0.3) is 0 Å². The van der Waals surface area contributed by atoms with Crippen molar-refractivity contribution in [3.63, 3.8) is 0 Å². The zero-order valence-electron chi connectivity index (χ0n) is 18.2. The van der Waals surface area contributed by atoms with Crippen LogP contribution < -0.4 is 0 Å². The second kappa shape index (κ2) is 10.4. The van der Waals surface area contributed by atoms with Crippen LogP contribution in [0.4, 0.5) is 0 Å². The summed E-state index contributed by atoms with van der Waals surface area (Å²) in [5.41, 5.74) is 3.56. The van der Waals surface area contributed by atoms with Crippen LogP contribution in [0.1, 0.15) is 36.8 Å². The third-order valence-electron chi connectivity index (χ3n) is 6.67. The molecule has 164 valence electrons. The molecule has 5 nitrogen and oxygen atoms in total. The Morgan fingerprint density at radius 1 is 0.968 bits per heavy atom. The molecule has 1 aromatic carbocycles. The van der Waals surface area contributed by atoms with Gasteiger partial charge in [0, 0.05) is 61.6 Å². The van der Waals surface area contributed by atoms with Crippen LogP contribution in [0, 0.1) is 11.8 Å². The third kappa shape index (κ3) is 5.52. The van der Waals surface area contributed by atoms with E-state index in [4.69, 9.17) is 11.6 Å². The molecule has 0 radical (unpaired) electrons. The van der Waals surface area contributed by atoms with Crippen LogP contribution in [0.3, 0.4) is 0 Å². The van der Waals surface area contributed by atoms with Crippen molar-refractivity contribution in [2.75, 3.05) is 33.2 Å². The molecule has 4 rings (SSSR count). The number of benzene rings is 1. The van der Waals surface area contributed by atoms with Gasteiger partial charge < -0.3 is 4.90 Å². The van der Waals surface area contributed by atoms with E-state index >= 15 is 0 Å². The van der Waals surface area contributed by atoms with E-state index in [9.17, 15) is 4.79 Å². The summed E-state index contributed by atoms with van der Waals surface area (Å²) >= 11 is 6.03. The molecule has 0 bridgehead atoms. The Morgan fingerprint density at radius 2 is 1.58 bits per heavy atom. The SMILES string of the molecule is CN=C(c1ccc(Cl)cc1)C1CCN(C(=O)C2CCN(Cc3ccncc3)CC2)CC1. The zero-order valence-corrected chi connectivity index (χ0v) is 19.0. The lowest BCUT2D eigenvalue weighted by molar-refractivity contribution is -0.138. The van der Waals surface area contributed by atoms with Crippen LogP contribution in [0.15, 0.2) is 53.8 Å². The van der Waals surface area contributed by atoms with Crippen molar-refractivity contribution in [1.82, 2.24) is 14.8 Å². The van der Waals surface area contributed by atoms with Gasteiger partial charge in [-0.15, -0.1) is 0 Å². The fourth-order valence-corrected chi connectivity index (χ4v) is 5.01. The van der Waals surface area contributed by atoms with Crippen LogP contribution in [0.2, 0.25) is 5.02 Å². The van der Waals surface area contributed by atoms with Crippen LogP contribution in [0.5, 0.6) is 0 Å². The molecular formula is C25H31ClN4O. The first kappa shape index (κ1) is 22.0. The van der Waals surface area contributed by atoms with Crippen LogP contribution in [-0.2, 0) is 11.3 Å². The molecule has 2 aromatic rings. The molecule has 1 aromatic heterocycles. The predicted molar refractivity (Wildman–Crippen MR) is 125 cm³/mol. The number of aromatic nitrogens is 1. The van der Waals surface area contributed by atoms with Gasteiger partial charge in [-0.05, 0) is 74.2 Å². The largest absolute Gasteiger partial charge is 0.342 e. The quantitative estimate of drug-likeness (QED) is 0.654. The Morgan fingerprint density at radius 3 is 2.19 bits per heavy atom. The van der Waals surface area contributed by atoms with Crippen LogP contribution in [-0.4, -0.2) is 59.6 Å². The molecule has 1 amide bonds. The van der Waals surface area contributed by atoms with Gasteiger partial charge in [0.15, 0.2) is 0 Å². The van der Waals surface area contributed by atoms with Crippen molar-refractivity contribution in [3.05, 3.63) is 64.9 Å². The zero-order chi connectivity index (χ0) is 21.6. The maximum atomic E-state index is 13.1. The fourth-order valence-electron chi connectivity index (χ4n) is 4.88. The molecule has 2 saturated heterocycles. The number of hydrogen-bond acceptors (Lipinski definition) is 4. The van der Waals surface area contributed by atoms with Crippen molar-refractivity contribution in [3.8, 4) is 0 Å². The Kier molecular flexibility index (Phi) is 7.36. The molecule has 3 heterocycles. The lowest BCUT2D eigenvalue weighted by Gasteiger charge is -2.37. The summed E-state index contributed by atoms with van der Waals surface area (Å²) in [5.74, 6) is 0.918. The van der Waals surface area contributed by atoms with Crippen LogP contribution >= 0.6 is 11.6 Å². The van der Waals surface area contributed by atoms with Crippen molar-refractivity contribution >= 4 is 23.2 Å². The number of carbonyl (C=O) groups is 1. The molecule has 6 heteroatoms. The van der Waals surface area contributed by atoms with E-state index in [1.54, 1.807) is 0 Å². The second-order valence-corrected chi connectivity index (χ2v) is 9.06. The maximum Gasteiger partial charge on any atom is 0.225 e. The van der Waals surface area contributed by atoms with Gasteiger partial charge in [0.2, 0.25) is 5.91 Å². The summed E-state index contributed by atoms with van der Waals surface area (Å²) in [6.45, 7) is 4.57. The van der Waals surface area contributed by atoms with Gasteiger partial charge in [-0.3, -0.25) is 19.7 Å². The summed E-state index contributed by atoms with van der Waals surface area (Å²) in [7, 11) is 1.86. The average Bonchev–Trinajstić information content (AvgIpc) is 2.82. The average molecular weight is 439 g/mol. The van der Waals surface area contributed by atoms with E-state index in [1.165, 1.54) is 5.56 Å². The lowest BCUT2D eigenvalue weighted by atomic mass is 9.87. The third-order valence-corrected chi connectivity index (χ3v) is 6.92. The molecule has 2 aliphatic rings. The van der Waals surface area contributed by atoms with E-state index in [2.05, 4.69) is 31.9 Å². The van der Waals surface area contributed by atoms with Crippen molar-refractivity contribution < 1.29 is 4.79 Å². The Hall–Kier alpha value is -2.24. The number of halogens is 1. The minimum Gasteiger partial charge on any atom is -0.342 e. The highest BCUT2D eigenvalue weighted by Crippen LogP contribution is 2.27. The van der Waals surface area contributed by atoms with E-state index in [1.807, 2.05) is 43.7 Å². The number of aliphatic imine (C=N–C) groups is 1. The standard InChI is InChI=1S/C25H31ClN4O/c1-27-24(20-2-4-23(26)5-3-20)21-10-16-30(17-11-21)25(31)22-8-14-29(15-9-22)18-19-6-12-28-13-7-19/h2-7,12-13,21-22H,8-11,14-18H2,1H3. The Balaban J connectivity index is 1.26. The maximum absolute atomic E-state index is 13.1. The predicted octanol–water partition coefficient (Wildman–Crippen LogP) is 4.30. The van der Waals surface area contributed by atoms with Gasteiger partial charge in [0.05, 0.1) is 0 Å². The van der Waals surface area contributed by atoms with Gasteiger partial charge in [-0.25, -0.2) is 0 Å². The lowest BCUT2D eigenvalue weighted by Crippen LogP contribution is -2.46. The van der Waals surface area contributed by atoms with Gasteiger partial charge in [-0.2, -0.15) is 0 Å². The smallest absolute Gasteiger partial charge is 0.225 e. The van der Waals surface area contributed by atoms with E-state index in [0.717, 1.165) is 74.7 Å². The number of nitrogens with zero attached hydrogens (tertiary/aromatic N) is 4. The molecule has 0 unspecified atom stereocenters. The first-order valence-electron chi connectivity index (χ1n) is 11.3. The molecule has 0 aliphatic carbocycles. The normalized spacial score (nSPS) is 19.5. The fraction of sp³-hybridized carbons (Fsp3) is 0.480. The molecule has 0 saturated carbocycles. The Bertz CT molecular complexity index is 883. The monoisotopic (exact) mass is 438 g/mol. The van der Waals surface area contributed by atoms with Gasteiger partial charge in [0.25, 0.3) is 0 Å². The first-order chi connectivity index (χ1) is 15.1. The highest BCUT2D eigenvalue weighted by Gasteiger charge is 2.32. The minimum absolute atomic E-state index is 0.167. The molecule has 2 aliphatic heterocycles. The molecule has 0 atom stereocenters. The summed E-state index contributed by atoms with van der Waals surface area (Å²) < 4.78 is 0. The highest BCUT2D eigenvalue weighted by molar-refractivity contribution is 6.30. The first-order valence-corrected chi connectivity index (χ1v) is 11.6. The Labute approximate surface area is 190 Å². The molecule has 31 heavy (non-hydrogen) atoms. The van der Waals surface area contributed by atoms with E-state index in [0.29, 0.717) is 11.8 Å².